The molecule has 0 spiro atoms. The van der Waals surface area contributed by atoms with Gasteiger partial charge in [0.05, 0.1) is 0 Å². The van der Waals surface area contributed by atoms with Crippen molar-refractivity contribution in [1.29, 1.82) is 0 Å². The SMILES string of the molecule is CC(C)(C)c1cn(Cc2ccc(C(F)(F)P(=O)(O)O)c(Br)c2)c2ccccc12. The van der Waals surface area contributed by atoms with E-state index in [2.05, 4.69) is 53.5 Å². The molecule has 2 N–H and O–H groups in total. The van der Waals surface area contributed by atoms with Crippen molar-refractivity contribution < 1.29 is 23.1 Å². The molecule has 4 nitrogen and oxygen atoms in total. The van der Waals surface area contributed by atoms with Gasteiger partial charge in [-0.2, -0.15) is 8.78 Å². The number of aromatic nitrogens is 1. The van der Waals surface area contributed by atoms with Gasteiger partial charge in [-0.1, -0.05) is 67.0 Å². The smallest absolute Gasteiger partial charge is 0.343 e. The summed E-state index contributed by atoms with van der Waals surface area (Å²) in [4.78, 5) is 17.9. The van der Waals surface area contributed by atoms with Gasteiger partial charge in [0.15, 0.2) is 0 Å². The zero-order valence-corrected chi connectivity index (χ0v) is 18.1. The van der Waals surface area contributed by atoms with Crippen molar-refractivity contribution in [3.63, 3.8) is 0 Å². The Morgan fingerprint density at radius 2 is 1.71 bits per heavy atom. The van der Waals surface area contributed by atoms with Crippen LogP contribution in [0, 0.1) is 0 Å². The maximum Gasteiger partial charge on any atom is 0.399 e. The van der Waals surface area contributed by atoms with Crippen molar-refractivity contribution in [2.24, 2.45) is 0 Å². The zero-order chi connectivity index (χ0) is 20.9. The standard InChI is InChI=1S/C20H21BrF2NO3P/c1-19(2,3)16-12-24(18-7-5-4-6-14(16)18)11-13-8-9-15(17(21)10-13)20(22,23)28(25,26)27/h4-10,12H,11H2,1-3H3,(H2,25,26,27). The first kappa shape index (κ1) is 21.2. The molecular weight excluding hydrogens is 451 g/mol. The van der Waals surface area contributed by atoms with Gasteiger partial charge in [-0.15, -0.1) is 0 Å². The Morgan fingerprint density at radius 1 is 1.07 bits per heavy atom. The highest BCUT2D eigenvalue weighted by Crippen LogP contribution is 2.60. The van der Waals surface area contributed by atoms with E-state index in [9.17, 15) is 13.3 Å². The molecule has 0 amide bonds. The van der Waals surface area contributed by atoms with Crippen molar-refractivity contribution in [1.82, 2.24) is 4.57 Å². The minimum atomic E-state index is -5.62. The molecule has 0 bridgehead atoms. The third-order valence-electron chi connectivity index (χ3n) is 4.67. The fraction of sp³-hybridized carbons (Fsp3) is 0.300. The second kappa shape index (κ2) is 7.06. The molecule has 0 aliphatic rings. The quantitative estimate of drug-likeness (QED) is 0.460. The Bertz CT molecular complexity index is 1080. The van der Waals surface area contributed by atoms with Crippen LogP contribution in [0.1, 0.15) is 37.5 Å². The third kappa shape index (κ3) is 3.81. The molecule has 0 saturated heterocycles. The number of rotatable bonds is 4. The highest BCUT2D eigenvalue weighted by Gasteiger charge is 2.51. The monoisotopic (exact) mass is 471 g/mol. The van der Waals surface area contributed by atoms with Gasteiger partial charge in [0.2, 0.25) is 0 Å². The molecule has 28 heavy (non-hydrogen) atoms. The number of halogens is 3. The topological polar surface area (TPSA) is 62.5 Å². The van der Waals surface area contributed by atoms with Crippen molar-refractivity contribution >= 4 is 34.4 Å². The number of fused-ring (bicyclic) bond motifs is 1. The number of hydrogen-bond acceptors (Lipinski definition) is 1. The Kier molecular flexibility index (Phi) is 5.34. The molecule has 0 atom stereocenters. The Morgan fingerprint density at radius 3 is 2.29 bits per heavy atom. The third-order valence-corrected chi connectivity index (χ3v) is 6.30. The minimum Gasteiger partial charge on any atom is -0.343 e. The van der Waals surface area contributed by atoms with E-state index in [4.69, 9.17) is 9.79 Å². The molecule has 8 heteroatoms. The molecule has 1 aromatic heterocycles. The summed E-state index contributed by atoms with van der Waals surface area (Å²) in [5.41, 5.74) is -2.07. The average Bonchev–Trinajstić information content (AvgIpc) is 2.93. The number of alkyl halides is 2. The van der Waals surface area contributed by atoms with Crippen LogP contribution in [0.15, 0.2) is 53.1 Å². The first-order valence-corrected chi connectivity index (χ1v) is 11.0. The fourth-order valence-corrected chi connectivity index (χ4v) is 4.57. The lowest BCUT2D eigenvalue weighted by atomic mass is 9.87. The summed E-state index contributed by atoms with van der Waals surface area (Å²) < 4.78 is 41.2. The predicted molar refractivity (Wildman–Crippen MR) is 110 cm³/mol. The lowest BCUT2D eigenvalue weighted by Gasteiger charge is -2.20. The Labute approximate surface area is 170 Å². The van der Waals surface area contributed by atoms with Gasteiger partial charge in [-0.3, -0.25) is 4.57 Å². The summed E-state index contributed by atoms with van der Waals surface area (Å²) in [6.07, 6.45) is 2.07. The summed E-state index contributed by atoms with van der Waals surface area (Å²) >= 11 is 3.04. The normalized spacial score (nSPS) is 13.3. The molecule has 2 aromatic carbocycles. The van der Waals surface area contributed by atoms with Crippen LogP contribution in [-0.2, 0) is 22.2 Å². The molecule has 3 aromatic rings. The van der Waals surface area contributed by atoms with Crippen molar-refractivity contribution in [2.75, 3.05) is 0 Å². The predicted octanol–water partition coefficient (Wildman–Crippen LogP) is 5.98. The highest BCUT2D eigenvalue weighted by molar-refractivity contribution is 9.10. The van der Waals surface area contributed by atoms with E-state index in [1.165, 1.54) is 17.7 Å². The second-order valence-corrected chi connectivity index (χ2v) is 10.3. The summed E-state index contributed by atoms with van der Waals surface area (Å²) in [5.74, 6) is 0. The molecule has 0 aliphatic carbocycles. The van der Waals surface area contributed by atoms with Gasteiger partial charge in [0.25, 0.3) is 0 Å². The highest BCUT2D eigenvalue weighted by atomic mass is 79.9. The summed E-state index contributed by atoms with van der Waals surface area (Å²) in [5, 5.41) is 1.14. The molecule has 0 unspecified atom stereocenters. The van der Waals surface area contributed by atoms with Gasteiger partial charge in [-0.25, -0.2) is 0 Å². The van der Waals surface area contributed by atoms with Crippen LogP contribution in [0.4, 0.5) is 8.78 Å². The average molecular weight is 472 g/mol. The van der Waals surface area contributed by atoms with Crippen molar-refractivity contribution in [2.45, 2.75) is 38.4 Å². The zero-order valence-electron chi connectivity index (χ0n) is 15.7. The Hall–Kier alpha value is -1.53. The fourth-order valence-electron chi connectivity index (χ4n) is 3.23. The number of para-hydroxylation sites is 1. The lowest BCUT2D eigenvalue weighted by Crippen LogP contribution is -2.14. The van der Waals surface area contributed by atoms with Crippen LogP contribution in [0.25, 0.3) is 10.9 Å². The van der Waals surface area contributed by atoms with Gasteiger partial charge < -0.3 is 14.4 Å². The van der Waals surface area contributed by atoms with Crippen LogP contribution in [-0.4, -0.2) is 14.4 Å². The van der Waals surface area contributed by atoms with Crippen LogP contribution in [0.3, 0.4) is 0 Å². The number of nitrogens with zero attached hydrogens (tertiary/aromatic N) is 1. The summed E-state index contributed by atoms with van der Waals surface area (Å²) in [6, 6.07) is 12.0. The maximum absolute atomic E-state index is 14.0. The van der Waals surface area contributed by atoms with Crippen LogP contribution in [0.5, 0.6) is 0 Å². The second-order valence-electron chi connectivity index (χ2n) is 7.84. The molecule has 0 aliphatic heterocycles. The van der Waals surface area contributed by atoms with Crippen LogP contribution in [0.2, 0.25) is 0 Å². The molecular formula is C20H21BrF2NO3P. The maximum atomic E-state index is 14.0. The Balaban J connectivity index is 2.02. The van der Waals surface area contributed by atoms with E-state index in [-0.39, 0.29) is 9.89 Å². The first-order chi connectivity index (χ1) is 12.8. The number of hydrogen-bond donors (Lipinski definition) is 2. The van der Waals surface area contributed by atoms with E-state index >= 15 is 0 Å². The van der Waals surface area contributed by atoms with Crippen molar-refractivity contribution in [3.8, 4) is 0 Å². The lowest BCUT2D eigenvalue weighted by molar-refractivity contribution is 0.0557. The van der Waals surface area contributed by atoms with Gasteiger partial charge in [-0.05, 0) is 28.7 Å². The molecule has 1 heterocycles. The summed E-state index contributed by atoms with van der Waals surface area (Å²) in [6.45, 7) is 6.84. The van der Waals surface area contributed by atoms with E-state index in [0.717, 1.165) is 22.5 Å². The first-order valence-electron chi connectivity index (χ1n) is 8.63. The largest absolute Gasteiger partial charge is 0.399 e. The molecule has 0 saturated carbocycles. The summed E-state index contributed by atoms with van der Waals surface area (Å²) in [7, 11) is -5.62. The molecule has 150 valence electrons. The van der Waals surface area contributed by atoms with Crippen LogP contribution >= 0.6 is 23.5 Å². The van der Waals surface area contributed by atoms with E-state index in [1.807, 2.05) is 18.2 Å². The molecule has 0 radical (unpaired) electrons. The van der Waals surface area contributed by atoms with Gasteiger partial charge >= 0.3 is 13.3 Å². The van der Waals surface area contributed by atoms with Gasteiger partial charge in [0, 0.05) is 33.7 Å². The van der Waals surface area contributed by atoms with Crippen LogP contribution < -0.4 is 0 Å². The minimum absolute atomic E-state index is 0.0363. The number of benzene rings is 2. The van der Waals surface area contributed by atoms with E-state index in [0.29, 0.717) is 6.54 Å². The van der Waals surface area contributed by atoms with Gasteiger partial charge in [0.1, 0.15) is 0 Å². The molecule has 3 rings (SSSR count). The van der Waals surface area contributed by atoms with Crippen molar-refractivity contribution in [3.05, 3.63) is 69.8 Å². The molecule has 0 fully saturated rings. The van der Waals surface area contributed by atoms with E-state index in [1.54, 1.807) is 0 Å². The van der Waals surface area contributed by atoms with E-state index < -0.39 is 18.8 Å².